The molecule has 22 heavy (non-hydrogen) atoms. The van der Waals surface area contributed by atoms with E-state index in [4.69, 9.17) is 4.74 Å². The first-order valence-corrected chi connectivity index (χ1v) is 9.09. The molecule has 0 radical (unpaired) electrons. The maximum atomic E-state index is 11.3. The normalized spacial score (nSPS) is 12.9. The SMILES string of the molecule is C=CC(=O)OC(C)[N+](C)(C)CCCCCCCCCCCC. The monoisotopic (exact) mass is 312 g/mol. The van der Waals surface area contributed by atoms with Crippen molar-refractivity contribution < 1.29 is 14.0 Å². The minimum Gasteiger partial charge on any atom is -0.410 e. The summed E-state index contributed by atoms with van der Waals surface area (Å²) in [5.41, 5.74) is 0. The Morgan fingerprint density at radius 1 is 1.00 bits per heavy atom. The Kier molecular flexibility index (Phi) is 12.2. The van der Waals surface area contributed by atoms with Gasteiger partial charge in [0, 0.05) is 13.0 Å². The van der Waals surface area contributed by atoms with Crippen molar-refractivity contribution in [3.05, 3.63) is 12.7 Å². The molecule has 1 atom stereocenters. The molecule has 0 saturated carbocycles. The second-order valence-corrected chi connectivity index (χ2v) is 6.92. The predicted octanol–water partition coefficient (Wildman–Crippen LogP) is 5.06. The molecule has 0 spiro atoms. The smallest absolute Gasteiger partial charge is 0.334 e. The Balaban J connectivity index is 3.60. The van der Waals surface area contributed by atoms with Gasteiger partial charge in [0.1, 0.15) is 0 Å². The number of rotatable bonds is 14. The van der Waals surface area contributed by atoms with Crippen LogP contribution in [0.25, 0.3) is 0 Å². The summed E-state index contributed by atoms with van der Waals surface area (Å²) >= 11 is 0. The van der Waals surface area contributed by atoms with Crippen LogP contribution in [-0.4, -0.2) is 37.3 Å². The lowest BCUT2D eigenvalue weighted by Gasteiger charge is -2.34. The molecule has 0 saturated heterocycles. The van der Waals surface area contributed by atoms with Crippen LogP contribution in [0.5, 0.6) is 0 Å². The molecule has 0 N–H and O–H groups in total. The van der Waals surface area contributed by atoms with E-state index in [0.29, 0.717) is 0 Å². The van der Waals surface area contributed by atoms with Crippen molar-refractivity contribution >= 4 is 5.97 Å². The van der Waals surface area contributed by atoms with Gasteiger partial charge in [0.25, 0.3) is 0 Å². The van der Waals surface area contributed by atoms with E-state index >= 15 is 0 Å². The fraction of sp³-hybridized carbons (Fsp3) is 0.842. The summed E-state index contributed by atoms with van der Waals surface area (Å²) in [4.78, 5) is 11.3. The lowest BCUT2D eigenvalue weighted by molar-refractivity contribution is -0.932. The molecule has 0 aliphatic rings. The van der Waals surface area contributed by atoms with Crippen molar-refractivity contribution in [2.45, 2.75) is 84.3 Å². The van der Waals surface area contributed by atoms with Crippen LogP contribution >= 0.6 is 0 Å². The van der Waals surface area contributed by atoms with Gasteiger partial charge < -0.3 is 4.74 Å². The maximum Gasteiger partial charge on any atom is 0.334 e. The third-order valence-electron chi connectivity index (χ3n) is 4.53. The maximum absolute atomic E-state index is 11.3. The third-order valence-corrected chi connectivity index (χ3v) is 4.53. The summed E-state index contributed by atoms with van der Waals surface area (Å²) in [5, 5.41) is 0. The molecule has 0 rings (SSSR count). The first-order valence-electron chi connectivity index (χ1n) is 9.09. The largest absolute Gasteiger partial charge is 0.410 e. The number of hydrogen-bond acceptors (Lipinski definition) is 2. The molecule has 0 aliphatic heterocycles. The Morgan fingerprint density at radius 2 is 1.45 bits per heavy atom. The zero-order chi connectivity index (χ0) is 16.8. The minimum absolute atomic E-state index is 0.121. The number of carbonyl (C=O) groups is 1. The van der Waals surface area contributed by atoms with Crippen molar-refractivity contribution in [1.82, 2.24) is 0 Å². The molecular formula is C19H38NO2+. The Morgan fingerprint density at radius 3 is 1.91 bits per heavy atom. The molecule has 0 amide bonds. The van der Waals surface area contributed by atoms with Crippen LogP contribution in [0, 0.1) is 0 Å². The van der Waals surface area contributed by atoms with Gasteiger partial charge in [-0.2, -0.15) is 0 Å². The standard InChI is InChI=1S/C19H38NO2/c1-6-8-9-10-11-12-13-14-15-16-17-20(4,5)18(3)22-19(21)7-2/h7,18H,2,6,8-17H2,1,3-5H3/q+1. The number of nitrogens with zero attached hydrogens (tertiary/aromatic N) is 1. The van der Waals surface area contributed by atoms with Crippen molar-refractivity contribution in [3.8, 4) is 0 Å². The Hall–Kier alpha value is -0.830. The van der Waals surface area contributed by atoms with Gasteiger partial charge in [-0.1, -0.05) is 64.9 Å². The van der Waals surface area contributed by atoms with E-state index in [1.165, 1.54) is 70.3 Å². The van der Waals surface area contributed by atoms with Crippen LogP contribution in [0.15, 0.2) is 12.7 Å². The number of quaternary nitrogens is 1. The molecule has 1 unspecified atom stereocenters. The zero-order valence-electron chi connectivity index (χ0n) is 15.4. The highest BCUT2D eigenvalue weighted by atomic mass is 16.6. The fourth-order valence-electron chi connectivity index (χ4n) is 2.55. The number of ether oxygens (including phenoxy) is 1. The number of hydrogen-bond donors (Lipinski definition) is 0. The second kappa shape index (κ2) is 12.7. The first kappa shape index (κ1) is 21.2. The molecular weight excluding hydrogens is 274 g/mol. The van der Waals surface area contributed by atoms with Crippen molar-refractivity contribution in [2.75, 3.05) is 20.6 Å². The van der Waals surface area contributed by atoms with Gasteiger partial charge in [0.2, 0.25) is 6.23 Å². The summed E-state index contributed by atoms with van der Waals surface area (Å²) in [6.07, 6.45) is 14.6. The lowest BCUT2D eigenvalue weighted by Crippen LogP contribution is -2.49. The average Bonchev–Trinajstić information content (AvgIpc) is 2.48. The molecule has 3 nitrogen and oxygen atoms in total. The number of unbranched alkanes of at least 4 members (excludes halogenated alkanes) is 9. The second-order valence-electron chi connectivity index (χ2n) is 6.92. The van der Waals surface area contributed by atoms with E-state index in [1.54, 1.807) is 0 Å². The van der Waals surface area contributed by atoms with Crippen LogP contribution in [0.1, 0.15) is 78.1 Å². The molecule has 0 bridgehead atoms. The van der Waals surface area contributed by atoms with Gasteiger partial charge in [-0.3, -0.25) is 4.48 Å². The van der Waals surface area contributed by atoms with Crippen LogP contribution < -0.4 is 0 Å². The molecule has 0 aromatic heterocycles. The molecule has 0 heterocycles. The predicted molar refractivity (Wildman–Crippen MR) is 94.6 cm³/mol. The topological polar surface area (TPSA) is 26.3 Å². The van der Waals surface area contributed by atoms with Crippen LogP contribution in [0.2, 0.25) is 0 Å². The summed E-state index contributed by atoms with van der Waals surface area (Å²) < 4.78 is 6.04. The van der Waals surface area contributed by atoms with Gasteiger partial charge in [-0.15, -0.1) is 0 Å². The van der Waals surface area contributed by atoms with Gasteiger partial charge in [0.15, 0.2) is 0 Å². The zero-order valence-corrected chi connectivity index (χ0v) is 15.4. The van der Waals surface area contributed by atoms with Crippen molar-refractivity contribution in [1.29, 1.82) is 0 Å². The van der Waals surface area contributed by atoms with Gasteiger partial charge in [0.05, 0.1) is 20.6 Å². The summed E-state index contributed by atoms with van der Waals surface area (Å²) in [7, 11) is 4.24. The summed E-state index contributed by atoms with van der Waals surface area (Å²) in [6.45, 7) is 8.70. The highest BCUT2D eigenvalue weighted by Crippen LogP contribution is 2.14. The minimum atomic E-state index is -0.332. The van der Waals surface area contributed by atoms with Gasteiger partial charge in [-0.05, 0) is 12.8 Å². The number of carbonyl (C=O) groups excluding carboxylic acids is 1. The molecule has 3 heteroatoms. The van der Waals surface area contributed by atoms with Crippen LogP contribution in [0.4, 0.5) is 0 Å². The van der Waals surface area contributed by atoms with Crippen molar-refractivity contribution in [3.63, 3.8) is 0 Å². The van der Waals surface area contributed by atoms with E-state index in [0.717, 1.165) is 11.0 Å². The van der Waals surface area contributed by atoms with Gasteiger partial charge in [-0.25, -0.2) is 4.79 Å². The van der Waals surface area contributed by atoms with E-state index < -0.39 is 0 Å². The van der Waals surface area contributed by atoms with E-state index in [1.807, 2.05) is 6.92 Å². The quantitative estimate of drug-likeness (QED) is 0.147. The Labute approximate surface area is 138 Å². The van der Waals surface area contributed by atoms with E-state index in [9.17, 15) is 4.79 Å². The fourth-order valence-corrected chi connectivity index (χ4v) is 2.55. The molecule has 130 valence electrons. The third kappa shape index (κ3) is 10.8. The van der Waals surface area contributed by atoms with E-state index in [2.05, 4.69) is 27.6 Å². The van der Waals surface area contributed by atoms with Crippen LogP contribution in [0.3, 0.4) is 0 Å². The van der Waals surface area contributed by atoms with Crippen molar-refractivity contribution in [2.24, 2.45) is 0 Å². The molecule has 0 fully saturated rings. The van der Waals surface area contributed by atoms with Gasteiger partial charge >= 0.3 is 5.97 Å². The lowest BCUT2D eigenvalue weighted by atomic mass is 10.1. The van der Waals surface area contributed by atoms with E-state index in [-0.39, 0.29) is 12.2 Å². The summed E-state index contributed by atoms with van der Waals surface area (Å²) in [5.74, 6) is -0.332. The molecule has 0 aromatic rings. The summed E-state index contributed by atoms with van der Waals surface area (Å²) in [6, 6.07) is 0. The molecule has 0 aromatic carbocycles. The average molecular weight is 313 g/mol. The highest BCUT2D eigenvalue weighted by Gasteiger charge is 2.25. The highest BCUT2D eigenvalue weighted by molar-refractivity contribution is 5.81. The molecule has 0 aliphatic carbocycles. The Bertz CT molecular complexity index is 300. The first-order chi connectivity index (χ1) is 10.4. The van der Waals surface area contributed by atoms with Crippen LogP contribution in [-0.2, 0) is 9.53 Å². The number of esters is 1.